The first-order chi connectivity index (χ1) is 16.5. The van der Waals surface area contributed by atoms with E-state index in [0.717, 1.165) is 30.4 Å². The number of aromatic nitrogens is 1. The second-order valence-corrected chi connectivity index (χ2v) is 10.3. The van der Waals surface area contributed by atoms with Crippen molar-refractivity contribution in [2.45, 2.75) is 91.1 Å². The Balaban J connectivity index is 1.89. The fourth-order valence-electron chi connectivity index (χ4n) is 4.28. The molecule has 0 spiro atoms. The fourth-order valence-corrected chi connectivity index (χ4v) is 4.28. The molecule has 0 amide bonds. The van der Waals surface area contributed by atoms with Crippen LogP contribution in [-0.4, -0.2) is 44.3 Å². The number of carbonyl (C=O) groups is 2. The minimum Gasteiger partial charge on any atom is -0.457 e. The lowest BCUT2D eigenvalue weighted by Crippen LogP contribution is -2.41. The summed E-state index contributed by atoms with van der Waals surface area (Å²) in [7, 11) is 0. The first-order valence-corrected chi connectivity index (χ1v) is 12.3. The molecule has 192 valence electrons. The van der Waals surface area contributed by atoms with Gasteiger partial charge in [0, 0.05) is 18.3 Å². The quantitative estimate of drug-likeness (QED) is 0.425. The number of esters is 1. The Hall–Kier alpha value is -2.55. The third-order valence-corrected chi connectivity index (χ3v) is 7.11. The van der Waals surface area contributed by atoms with E-state index in [1.807, 2.05) is 19.9 Å². The molecule has 3 N–H and O–H groups in total. The lowest BCUT2D eigenvalue weighted by molar-refractivity contribution is -0.155. The van der Waals surface area contributed by atoms with E-state index in [1.165, 1.54) is 0 Å². The third-order valence-electron chi connectivity index (χ3n) is 7.11. The maximum atomic E-state index is 12.9. The number of hydrogen-bond donors (Lipinski definition) is 3. The van der Waals surface area contributed by atoms with Crippen molar-refractivity contribution in [3.63, 3.8) is 0 Å². The lowest BCUT2D eigenvalue weighted by atomic mass is 9.77. The highest BCUT2D eigenvalue weighted by molar-refractivity contribution is 5.86. The molecular weight excluding hydrogens is 450 g/mol. The Morgan fingerprint density at radius 2 is 1.91 bits per heavy atom. The van der Waals surface area contributed by atoms with Crippen molar-refractivity contribution < 1.29 is 34.1 Å². The van der Waals surface area contributed by atoms with E-state index in [2.05, 4.69) is 4.98 Å². The lowest BCUT2D eigenvalue weighted by Gasteiger charge is -2.31. The summed E-state index contributed by atoms with van der Waals surface area (Å²) in [6, 6.07) is 5.29. The molecule has 8 heteroatoms. The first kappa shape index (κ1) is 27.0. The molecule has 35 heavy (non-hydrogen) atoms. The van der Waals surface area contributed by atoms with E-state index in [4.69, 9.17) is 9.15 Å². The number of aliphatic hydroxyl groups excluding tert-OH is 3. The molecule has 0 bridgehead atoms. The van der Waals surface area contributed by atoms with Gasteiger partial charge in [-0.3, -0.25) is 9.59 Å². The van der Waals surface area contributed by atoms with Crippen LogP contribution in [0.25, 0.3) is 11.1 Å². The van der Waals surface area contributed by atoms with Crippen LogP contribution in [0, 0.1) is 11.3 Å². The predicted octanol–water partition coefficient (Wildman–Crippen LogP) is 4.16. The molecular formula is C27H37NO7. The first-order valence-electron chi connectivity index (χ1n) is 12.3. The number of oxazole rings is 1. The molecule has 4 atom stereocenters. The number of nitrogens with zero attached hydrogens (tertiary/aromatic N) is 1. The highest BCUT2D eigenvalue weighted by atomic mass is 16.5. The van der Waals surface area contributed by atoms with Gasteiger partial charge in [0.15, 0.2) is 5.58 Å². The van der Waals surface area contributed by atoms with Gasteiger partial charge >= 0.3 is 5.97 Å². The number of ketones is 1. The van der Waals surface area contributed by atoms with Gasteiger partial charge in [-0.2, -0.15) is 0 Å². The van der Waals surface area contributed by atoms with E-state index >= 15 is 0 Å². The summed E-state index contributed by atoms with van der Waals surface area (Å²) in [5.74, 6) is -0.750. The summed E-state index contributed by atoms with van der Waals surface area (Å²) in [5.41, 5.74) is 1.73. The summed E-state index contributed by atoms with van der Waals surface area (Å²) in [6.45, 7) is 6.82. The standard InChI is InChI=1S/C27H37NO7/c1-16-6-5-7-17(2)20(30)13-23(31)27(3,4)24(32)14-26(33)35-21(10-8-16)18-9-11-22-19(12-18)28-25(15-29)34-22/h8-9,11-12,17,20-21,24,29-30,32H,5-7,10,13-15H2,1-4H3/t17-,20-,21-,24-/m0/s1. The van der Waals surface area contributed by atoms with Crippen molar-refractivity contribution in [1.82, 2.24) is 4.98 Å². The average molecular weight is 488 g/mol. The van der Waals surface area contributed by atoms with Gasteiger partial charge in [0.2, 0.25) is 5.89 Å². The smallest absolute Gasteiger partial charge is 0.309 e. The normalized spacial score (nSPS) is 27.5. The summed E-state index contributed by atoms with van der Waals surface area (Å²) >= 11 is 0. The molecule has 0 aliphatic carbocycles. The number of fused-ring (bicyclic) bond motifs is 1. The SMILES string of the molecule is CC1=CC[C@@H](c2ccc3oc(CO)nc3c2)OC(=O)C[C@H](O)C(C)(C)C(=O)C[C@H](O)[C@@H](C)CCC1. The summed E-state index contributed by atoms with van der Waals surface area (Å²) in [6.07, 6.45) is 1.88. The van der Waals surface area contributed by atoms with E-state index in [0.29, 0.717) is 17.5 Å². The van der Waals surface area contributed by atoms with Gasteiger partial charge in [0.1, 0.15) is 24.0 Å². The van der Waals surface area contributed by atoms with Crippen LogP contribution in [0.1, 0.15) is 83.8 Å². The second kappa shape index (κ2) is 11.5. The highest BCUT2D eigenvalue weighted by Crippen LogP contribution is 2.32. The number of carbonyl (C=O) groups excluding carboxylic acids is 2. The number of allylic oxidation sites excluding steroid dienone is 1. The van der Waals surface area contributed by atoms with Crippen molar-refractivity contribution in [2.75, 3.05) is 0 Å². The predicted molar refractivity (Wildman–Crippen MR) is 130 cm³/mol. The van der Waals surface area contributed by atoms with Crippen molar-refractivity contribution in [3.8, 4) is 0 Å². The van der Waals surface area contributed by atoms with Crippen LogP contribution < -0.4 is 0 Å². The molecule has 2 aromatic rings. The number of Topliss-reactive ketones (excluding diaryl/α,β-unsaturated/α-hetero) is 1. The van der Waals surface area contributed by atoms with Crippen LogP contribution in [0.4, 0.5) is 0 Å². The molecule has 0 saturated heterocycles. The van der Waals surface area contributed by atoms with Crippen LogP contribution >= 0.6 is 0 Å². The van der Waals surface area contributed by atoms with E-state index in [1.54, 1.807) is 32.0 Å². The van der Waals surface area contributed by atoms with Crippen molar-refractivity contribution >= 4 is 22.9 Å². The third kappa shape index (κ3) is 6.78. The summed E-state index contributed by atoms with van der Waals surface area (Å²) < 4.78 is 11.2. The van der Waals surface area contributed by atoms with Crippen LogP contribution in [0.15, 0.2) is 34.3 Å². The Morgan fingerprint density at radius 3 is 2.63 bits per heavy atom. The minimum atomic E-state index is -1.25. The zero-order valence-electron chi connectivity index (χ0n) is 21.0. The largest absolute Gasteiger partial charge is 0.457 e. The van der Waals surface area contributed by atoms with E-state index in [-0.39, 0.29) is 37.0 Å². The monoisotopic (exact) mass is 487 g/mol. The van der Waals surface area contributed by atoms with Gasteiger partial charge < -0.3 is 24.5 Å². The molecule has 1 aromatic heterocycles. The van der Waals surface area contributed by atoms with Crippen LogP contribution in [0.5, 0.6) is 0 Å². The van der Waals surface area contributed by atoms with E-state index in [9.17, 15) is 24.9 Å². The number of ether oxygens (including phenoxy) is 1. The van der Waals surface area contributed by atoms with Crippen LogP contribution in [0.2, 0.25) is 0 Å². The molecule has 0 saturated carbocycles. The van der Waals surface area contributed by atoms with Crippen molar-refractivity contribution in [2.24, 2.45) is 11.3 Å². The molecule has 1 aromatic carbocycles. The molecule has 8 nitrogen and oxygen atoms in total. The minimum absolute atomic E-state index is 0.0525. The van der Waals surface area contributed by atoms with Gasteiger partial charge in [-0.25, -0.2) is 4.98 Å². The van der Waals surface area contributed by atoms with Crippen molar-refractivity contribution in [3.05, 3.63) is 41.3 Å². The maximum Gasteiger partial charge on any atom is 0.309 e. The Labute approximate surface area is 206 Å². The number of aliphatic hydroxyl groups is 3. The van der Waals surface area contributed by atoms with Gasteiger partial charge in [-0.05, 0) is 49.8 Å². The Bertz CT molecular complexity index is 1070. The van der Waals surface area contributed by atoms with Gasteiger partial charge in [0.25, 0.3) is 0 Å². The molecule has 0 radical (unpaired) electrons. The van der Waals surface area contributed by atoms with Gasteiger partial charge in [-0.15, -0.1) is 0 Å². The Kier molecular flexibility index (Phi) is 8.85. The van der Waals surface area contributed by atoms with Crippen LogP contribution in [-0.2, 0) is 20.9 Å². The number of hydrogen-bond acceptors (Lipinski definition) is 8. The molecule has 1 aliphatic rings. The molecule has 0 fully saturated rings. The fraction of sp³-hybridized carbons (Fsp3) is 0.593. The average Bonchev–Trinajstić information content (AvgIpc) is 3.23. The number of cyclic esters (lactones) is 1. The van der Waals surface area contributed by atoms with Gasteiger partial charge in [0.05, 0.1) is 18.6 Å². The zero-order valence-corrected chi connectivity index (χ0v) is 21.0. The highest BCUT2D eigenvalue weighted by Gasteiger charge is 2.38. The summed E-state index contributed by atoms with van der Waals surface area (Å²) in [4.78, 5) is 30.0. The molecule has 2 heterocycles. The summed E-state index contributed by atoms with van der Waals surface area (Å²) in [5, 5.41) is 30.6. The van der Waals surface area contributed by atoms with Crippen LogP contribution in [0.3, 0.4) is 0 Å². The van der Waals surface area contributed by atoms with E-state index < -0.39 is 29.7 Å². The zero-order chi connectivity index (χ0) is 25.8. The second-order valence-electron chi connectivity index (χ2n) is 10.3. The van der Waals surface area contributed by atoms with Crippen molar-refractivity contribution in [1.29, 1.82) is 0 Å². The Morgan fingerprint density at radius 1 is 1.17 bits per heavy atom. The topological polar surface area (TPSA) is 130 Å². The number of rotatable bonds is 2. The molecule has 0 unspecified atom stereocenters. The molecule has 3 rings (SSSR count). The number of benzene rings is 1. The van der Waals surface area contributed by atoms with Gasteiger partial charge in [-0.1, -0.05) is 38.5 Å². The molecule has 1 aliphatic heterocycles. The maximum absolute atomic E-state index is 12.9.